The molecule has 0 spiro atoms. The molecule has 48 heavy (non-hydrogen) atoms. The molecule has 8 saturated carbocycles. The fraction of sp³-hybridized carbons (Fsp3) is 0.600. The summed E-state index contributed by atoms with van der Waals surface area (Å²) < 4.78 is 4.61. The van der Waals surface area contributed by atoms with E-state index < -0.39 is 0 Å². The first kappa shape index (κ1) is 31.4. The lowest BCUT2D eigenvalue weighted by molar-refractivity contribution is -0.0111. The van der Waals surface area contributed by atoms with Gasteiger partial charge in [0.2, 0.25) is 0 Å². The number of hydrogen-bond acceptors (Lipinski definition) is 6. The average molecular weight is 679 g/mol. The number of nitrogens with zero attached hydrogens (tertiary/aromatic N) is 6. The monoisotopic (exact) mass is 678 g/mol. The quantitative estimate of drug-likeness (QED) is 0.173. The second-order valence-corrected chi connectivity index (χ2v) is 18.6. The minimum absolute atomic E-state index is 0.335. The highest BCUT2D eigenvalue weighted by Crippen LogP contribution is 2.61. The zero-order valence-corrected chi connectivity index (χ0v) is 30.3. The standard InChI is InChI=1S/2C20H25N3S/c2*1-23-18(20-10-15-7-16(11-20)9-17(8-15)12-20)21-22-19(23)24-13-14-5-3-2-4-6-14/h2*2-6,15-17H,7-13H2,1H3. The fourth-order valence-corrected chi connectivity index (χ4v) is 13.8. The highest BCUT2D eigenvalue weighted by Gasteiger charge is 2.55. The maximum absolute atomic E-state index is 4.71. The maximum Gasteiger partial charge on any atom is 0.191 e. The fourth-order valence-electron chi connectivity index (χ4n) is 12.0. The van der Waals surface area contributed by atoms with Gasteiger partial charge in [-0.3, -0.25) is 0 Å². The van der Waals surface area contributed by atoms with Crippen molar-refractivity contribution >= 4 is 23.5 Å². The summed E-state index contributed by atoms with van der Waals surface area (Å²) in [6, 6.07) is 21.3. The van der Waals surface area contributed by atoms with Gasteiger partial charge in [-0.2, -0.15) is 0 Å². The van der Waals surface area contributed by atoms with E-state index >= 15 is 0 Å². The number of hydrogen-bond donors (Lipinski definition) is 0. The van der Waals surface area contributed by atoms with Crippen molar-refractivity contribution in [3.8, 4) is 0 Å². The van der Waals surface area contributed by atoms with E-state index in [4.69, 9.17) is 10.2 Å². The van der Waals surface area contributed by atoms with Crippen molar-refractivity contribution in [3.63, 3.8) is 0 Å². The molecule has 8 heteroatoms. The second kappa shape index (κ2) is 12.6. The summed E-state index contributed by atoms with van der Waals surface area (Å²) in [5.41, 5.74) is 3.37. The summed E-state index contributed by atoms with van der Waals surface area (Å²) in [7, 11) is 4.36. The van der Waals surface area contributed by atoms with E-state index in [0.29, 0.717) is 10.8 Å². The largest absolute Gasteiger partial charge is 0.309 e. The first-order valence-corrected chi connectivity index (χ1v) is 20.5. The van der Waals surface area contributed by atoms with Gasteiger partial charge in [-0.1, -0.05) is 84.2 Å². The van der Waals surface area contributed by atoms with Crippen LogP contribution in [0.3, 0.4) is 0 Å². The third-order valence-electron chi connectivity index (χ3n) is 13.1. The smallest absolute Gasteiger partial charge is 0.191 e. The van der Waals surface area contributed by atoms with Crippen LogP contribution in [0.5, 0.6) is 0 Å². The molecule has 0 radical (unpaired) electrons. The van der Waals surface area contributed by atoms with Crippen molar-refractivity contribution in [2.24, 2.45) is 49.6 Å². The lowest BCUT2D eigenvalue weighted by Gasteiger charge is -2.56. The Morgan fingerprint density at radius 3 is 1.12 bits per heavy atom. The zero-order valence-electron chi connectivity index (χ0n) is 28.6. The van der Waals surface area contributed by atoms with Crippen LogP contribution >= 0.6 is 23.5 Å². The third-order valence-corrected chi connectivity index (χ3v) is 15.3. The molecule has 8 aliphatic rings. The summed E-state index contributed by atoms with van der Waals surface area (Å²) >= 11 is 3.63. The van der Waals surface area contributed by atoms with Crippen molar-refractivity contribution in [3.05, 3.63) is 83.4 Å². The lowest BCUT2D eigenvalue weighted by atomic mass is 9.49. The molecule has 0 amide bonds. The molecular weight excluding hydrogens is 629 g/mol. The summed E-state index contributed by atoms with van der Waals surface area (Å²) in [5, 5.41) is 20.7. The van der Waals surface area contributed by atoms with Gasteiger partial charge < -0.3 is 9.13 Å². The van der Waals surface area contributed by atoms with Gasteiger partial charge >= 0.3 is 0 Å². The van der Waals surface area contributed by atoms with E-state index in [9.17, 15) is 0 Å². The van der Waals surface area contributed by atoms with E-state index in [1.807, 2.05) is 23.5 Å². The predicted octanol–water partition coefficient (Wildman–Crippen LogP) is 9.15. The van der Waals surface area contributed by atoms with Crippen LogP contribution in [-0.4, -0.2) is 29.5 Å². The molecule has 6 nitrogen and oxygen atoms in total. The van der Waals surface area contributed by atoms with Crippen LogP contribution in [0.1, 0.15) is 99.8 Å². The number of thioether (sulfide) groups is 2. The first-order valence-electron chi connectivity index (χ1n) is 18.6. The molecule has 8 aliphatic carbocycles. The van der Waals surface area contributed by atoms with Gasteiger partial charge in [-0.25, -0.2) is 0 Å². The van der Waals surface area contributed by atoms with Crippen LogP contribution in [0, 0.1) is 35.5 Å². The van der Waals surface area contributed by atoms with E-state index in [1.165, 1.54) is 99.8 Å². The molecule has 0 atom stereocenters. The van der Waals surface area contributed by atoms with Crippen molar-refractivity contribution in [2.75, 3.05) is 0 Å². The van der Waals surface area contributed by atoms with Crippen molar-refractivity contribution in [1.82, 2.24) is 29.5 Å². The molecule has 0 unspecified atom stereocenters. The Labute approximate surface area is 294 Å². The first-order chi connectivity index (χ1) is 23.4. The Morgan fingerprint density at radius 2 is 0.812 bits per heavy atom. The summed E-state index contributed by atoms with van der Waals surface area (Å²) in [6.07, 6.45) is 17.0. The Hall–Kier alpha value is -2.58. The maximum atomic E-state index is 4.71. The van der Waals surface area contributed by atoms with E-state index in [2.05, 4.69) is 94.1 Å². The minimum Gasteiger partial charge on any atom is -0.309 e. The van der Waals surface area contributed by atoms with Gasteiger partial charge in [0.25, 0.3) is 0 Å². The molecule has 0 saturated heterocycles. The number of aromatic nitrogens is 6. The molecule has 4 aromatic rings. The molecule has 8 fully saturated rings. The topological polar surface area (TPSA) is 61.4 Å². The van der Waals surface area contributed by atoms with E-state index in [-0.39, 0.29) is 0 Å². The van der Waals surface area contributed by atoms with E-state index in [1.54, 1.807) is 0 Å². The highest BCUT2D eigenvalue weighted by molar-refractivity contribution is 7.98. The van der Waals surface area contributed by atoms with Crippen LogP contribution < -0.4 is 0 Å². The molecule has 2 aromatic carbocycles. The Balaban J connectivity index is 0.000000131. The van der Waals surface area contributed by atoms with Gasteiger partial charge in [-0.15, -0.1) is 20.4 Å². The second-order valence-electron chi connectivity index (χ2n) is 16.7. The molecule has 12 rings (SSSR count). The summed E-state index contributed by atoms with van der Waals surface area (Å²) in [5.74, 6) is 10.2. The molecular formula is C40H50N6S2. The molecule has 0 aliphatic heterocycles. The summed E-state index contributed by atoms with van der Waals surface area (Å²) in [6.45, 7) is 0. The van der Waals surface area contributed by atoms with Crippen molar-refractivity contribution < 1.29 is 0 Å². The van der Waals surface area contributed by atoms with Gasteiger partial charge in [0.1, 0.15) is 11.6 Å². The normalized spacial score (nSPS) is 34.0. The highest BCUT2D eigenvalue weighted by atomic mass is 32.2. The van der Waals surface area contributed by atoms with Crippen LogP contribution in [0.25, 0.3) is 0 Å². The SMILES string of the molecule is Cn1c(SCc2ccccc2)nnc1C12CC3CC(CC(C3)C1)C2.Cn1c(SCc2ccccc2)nnc1C12CC3CC(CC(C3)C1)C2. The number of benzene rings is 2. The van der Waals surface area contributed by atoms with Crippen LogP contribution in [0.4, 0.5) is 0 Å². The van der Waals surface area contributed by atoms with Crippen LogP contribution in [-0.2, 0) is 36.4 Å². The minimum atomic E-state index is 0.335. The van der Waals surface area contributed by atoms with Crippen LogP contribution in [0.15, 0.2) is 71.0 Å². The lowest BCUT2D eigenvalue weighted by Crippen LogP contribution is -2.49. The Morgan fingerprint density at radius 1 is 0.500 bits per heavy atom. The van der Waals surface area contributed by atoms with Gasteiger partial charge in [-0.05, 0) is 124 Å². The van der Waals surface area contributed by atoms with Crippen molar-refractivity contribution in [2.45, 2.75) is 110 Å². The Bertz CT molecular complexity index is 1530. The third kappa shape index (κ3) is 5.87. The molecule has 0 N–H and O–H groups in total. The van der Waals surface area contributed by atoms with Gasteiger partial charge in [0.15, 0.2) is 10.3 Å². The molecule has 252 valence electrons. The van der Waals surface area contributed by atoms with Gasteiger partial charge in [0.05, 0.1) is 0 Å². The average Bonchev–Trinajstić information content (AvgIpc) is 3.65. The molecule has 8 bridgehead atoms. The van der Waals surface area contributed by atoms with Crippen LogP contribution in [0.2, 0.25) is 0 Å². The van der Waals surface area contributed by atoms with Crippen molar-refractivity contribution in [1.29, 1.82) is 0 Å². The zero-order chi connectivity index (χ0) is 32.3. The molecule has 2 heterocycles. The van der Waals surface area contributed by atoms with E-state index in [0.717, 1.165) is 57.3 Å². The molecule has 2 aromatic heterocycles. The number of rotatable bonds is 8. The van der Waals surface area contributed by atoms with Gasteiger partial charge in [0, 0.05) is 36.4 Å². The predicted molar refractivity (Wildman–Crippen MR) is 194 cm³/mol. The summed E-state index contributed by atoms with van der Waals surface area (Å²) in [4.78, 5) is 0. The Kier molecular flexibility index (Phi) is 8.27.